The van der Waals surface area contributed by atoms with Crippen molar-refractivity contribution in [1.82, 2.24) is 0 Å². The number of aromatic hydroxyl groups is 1. The highest BCUT2D eigenvalue weighted by molar-refractivity contribution is 5.71. The van der Waals surface area contributed by atoms with Crippen molar-refractivity contribution < 1.29 is 24.9 Å². The topological polar surface area (TPSA) is 87.0 Å². The second-order valence-electron chi connectivity index (χ2n) is 5.05. The van der Waals surface area contributed by atoms with Crippen LogP contribution in [-0.4, -0.2) is 27.9 Å². The van der Waals surface area contributed by atoms with Gasteiger partial charge >= 0.3 is 5.97 Å². The number of hydrogen-bond donors (Lipinski definition) is 3. The molecule has 5 heteroatoms. The highest BCUT2D eigenvalue weighted by Gasteiger charge is 2.28. The number of carbonyl (C=O) groups excluding carboxylic acids is 1. The largest absolute Gasteiger partial charge is 0.508 e. The molecule has 0 aliphatic carbocycles. The summed E-state index contributed by atoms with van der Waals surface area (Å²) in [5.41, 5.74) is -0.694. The molecule has 0 aliphatic heterocycles. The number of benzene rings is 1. The van der Waals surface area contributed by atoms with Crippen molar-refractivity contribution in [3.63, 3.8) is 0 Å². The van der Waals surface area contributed by atoms with Crippen LogP contribution in [0.5, 0.6) is 5.75 Å². The van der Waals surface area contributed by atoms with Crippen LogP contribution < -0.4 is 0 Å². The first-order chi connectivity index (χ1) is 8.77. The van der Waals surface area contributed by atoms with Gasteiger partial charge in [0, 0.05) is 5.56 Å². The average molecular weight is 268 g/mol. The maximum atomic E-state index is 11.4. The van der Waals surface area contributed by atoms with Crippen LogP contribution in [0, 0.1) is 5.92 Å². The molecule has 0 saturated carbocycles. The molecule has 1 rings (SSSR count). The normalized spacial score (nSPS) is 14.2. The standard InChI is InChI=1S/C14H20O5/c1-9(2)13(17)19-8-14(3,18)11-5-4-10(7-15)6-12(11)16/h4-6,9,15-16,18H,7-8H2,1-3H3/t14-/m1/s1. The molecule has 3 N–H and O–H groups in total. The van der Waals surface area contributed by atoms with Gasteiger partial charge < -0.3 is 20.1 Å². The molecule has 106 valence electrons. The molecular formula is C14H20O5. The Labute approximate surface area is 112 Å². The zero-order chi connectivity index (χ0) is 14.6. The van der Waals surface area contributed by atoms with E-state index in [2.05, 4.69) is 0 Å². The van der Waals surface area contributed by atoms with Gasteiger partial charge in [-0.2, -0.15) is 0 Å². The molecular weight excluding hydrogens is 248 g/mol. The van der Waals surface area contributed by atoms with Crippen LogP contribution in [0.25, 0.3) is 0 Å². The zero-order valence-corrected chi connectivity index (χ0v) is 11.4. The van der Waals surface area contributed by atoms with Crippen molar-refractivity contribution >= 4 is 5.97 Å². The molecule has 0 bridgehead atoms. The third-order valence-electron chi connectivity index (χ3n) is 2.79. The molecule has 0 spiro atoms. The van der Waals surface area contributed by atoms with E-state index in [1.165, 1.54) is 19.1 Å². The summed E-state index contributed by atoms with van der Waals surface area (Å²) < 4.78 is 4.98. The number of carbonyl (C=O) groups is 1. The molecule has 1 aromatic carbocycles. The Balaban J connectivity index is 2.85. The summed E-state index contributed by atoms with van der Waals surface area (Å²) in [5.74, 6) is -0.829. The van der Waals surface area contributed by atoms with E-state index in [0.717, 1.165) is 0 Å². The number of phenols is 1. The monoisotopic (exact) mass is 268 g/mol. The Morgan fingerprint density at radius 3 is 2.53 bits per heavy atom. The van der Waals surface area contributed by atoms with Gasteiger partial charge in [-0.1, -0.05) is 26.0 Å². The van der Waals surface area contributed by atoms with Crippen LogP contribution in [0.4, 0.5) is 0 Å². The molecule has 0 aromatic heterocycles. The maximum absolute atomic E-state index is 11.4. The van der Waals surface area contributed by atoms with Crippen LogP contribution >= 0.6 is 0 Å². The predicted octanol–water partition coefficient (Wildman–Crippen LogP) is 1.29. The second-order valence-corrected chi connectivity index (χ2v) is 5.05. The first kappa shape index (κ1) is 15.5. The SMILES string of the molecule is CC(C)C(=O)OC[C@@](C)(O)c1ccc(CO)cc1O. The molecule has 0 aliphatic rings. The molecule has 0 fully saturated rings. The lowest BCUT2D eigenvalue weighted by atomic mass is 9.95. The minimum absolute atomic E-state index is 0.142. The van der Waals surface area contributed by atoms with Gasteiger partial charge in [0.25, 0.3) is 0 Å². The van der Waals surface area contributed by atoms with E-state index in [1.54, 1.807) is 19.9 Å². The molecule has 1 aromatic rings. The summed E-state index contributed by atoms with van der Waals surface area (Å²) in [6, 6.07) is 4.46. The number of aliphatic hydroxyl groups is 2. The lowest BCUT2D eigenvalue weighted by molar-refractivity contribution is -0.154. The van der Waals surface area contributed by atoms with Crippen LogP contribution in [-0.2, 0) is 21.7 Å². The van der Waals surface area contributed by atoms with E-state index in [9.17, 15) is 15.0 Å². The second kappa shape index (κ2) is 6.04. The third kappa shape index (κ3) is 3.94. The summed E-state index contributed by atoms with van der Waals surface area (Å²) in [5, 5.41) is 29.0. The summed E-state index contributed by atoms with van der Waals surface area (Å²) in [7, 11) is 0. The smallest absolute Gasteiger partial charge is 0.308 e. The Morgan fingerprint density at radius 1 is 1.42 bits per heavy atom. The zero-order valence-electron chi connectivity index (χ0n) is 11.4. The van der Waals surface area contributed by atoms with Gasteiger partial charge in [-0.15, -0.1) is 0 Å². The number of esters is 1. The fraction of sp³-hybridized carbons (Fsp3) is 0.500. The molecule has 0 unspecified atom stereocenters. The van der Waals surface area contributed by atoms with Crippen LogP contribution in [0.1, 0.15) is 31.9 Å². The fourth-order valence-corrected chi connectivity index (χ4v) is 1.59. The van der Waals surface area contributed by atoms with E-state index >= 15 is 0 Å². The third-order valence-corrected chi connectivity index (χ3v) is 2.79. The summed E-state index contributed by atoms with van der Waals surface area (Å²) in [4.78, 5) is 11.4. The highest BCUT2D eigenvalue weighted by Crippen LogP contribution is 2.30. The van der Waals surface area contributed by atoms with Crippen LogP contribution in [0.15, 0.2) is 18.2 Å². The molecule has 19 heavy (non-hydrogen) atoms. The van der Waals surface area contributed by atoms with E-state index in [1.807, 2.05) is 0 Å². The number of rotatable bonds is 5. The van der Waals surface area contributed by atoms with Crippen molar-refractivity contribution in [2.24, 2.45) is 5.92 Å². The van der Waals surface area contributed by atoms with Crippen molar-refractivity contribution in [2.45, 2.75) is 33.0 Å². The van der Waals surface area contributed by atoms with E-state index in [-0.39, 0.29) is 30.4 Å². The summed E-state index contributed by atoms with van der Waals surface area (Å²) in [6.07, 6.45) is 0. The molecule has 0 saturated heterocycles. The van der Waals surface area contributed by atoms with Gasteiger partial charge in [0.1, 0.15) is 18.0 Å². The number of aliphatic hydroxyl groups excluding tert-OH is 1. The highest BCUT2D eigenvalue weighted by atomic mass is 16.5. The van der Waals surface area contributed by atoms with Gasteiger partial charge in [0.2, 0.25) is 0 Å². The van der Waals surface area contributed by atoms with Crippen molar-refractivity contribution in [3.8, 4) is 5.75 Å². The summed E-state index contributed by atoms with van der Waals surface area (Å²) in [6.45, 7) is 4.41. The molecule has 0 heterocycles. The quantitative estimate of drug-likeness (QED) is 0.700. The minimum Gasteiger partial charge on any atom is -0.508 e. The number of phenolic OH excluding ortho intramolecular Hbond substituents is 1. The van der Waals surface area contributed by atoms with Crippen molar-refractivity contribution in [1.29, 1.82) is 0 Å². The minimum atomic E-state index is -1.48. The average Bonchev–Trinajstić information content (AvgIpc) is 2.35. The van der Waals surface area contributed by atoms with Crippen molar-refractivity contribution in [3.05, 3.63) is 29.3 Å². The molecule has 1 atom stereocenters. The van der Waals surface area contributed by atoms with Gasteiger partial charge in [0.15, 0.2) is 0 Å². The van der Waals surface area contributed by atoms with Gasteiger partial charge in [-0.3, -0.25) is 4.79 Å². The van der Waals surface area contributed by atoms with Crippen molar-refractivity contribution in [2.75, 3.05) is 6.61 Å². The first-order valence-electron chi connectivity index (χ1n) is 6.10. The fourth-order valence-electron chi connectivity index (χ4n) is 1.59. The Hall–Kier alpha value is -1.59. The first-order valence-corrected chi connectivity index (χ1v) is 6.10. The van der Waals surface area contributed by atoms with Gasteiger partial charge in [0.05, 0.1) is 12.5 Å². The maximum Gasteiger partial charge on any atom is 0.308 e. The summed E-state index contributed by atoms with van der Waals surface area (Å²) >= 11 is 0. The molecule has 5 nitrogen and oxygen atoms in total. The van der Waals surface area contributed by atoms with E-state index in [4.69, 9.17) is 9.84 Å². The Morgan fingerprint density at radius 2 is 2.05 bits per heavy atom. The van der Waals surface area contributed by atoms with Crippen LogP contribution in [0.3, 0.4) is 0 Å². The van der Waals surface area contributed by atoms with Crippen LogP contribution in [0.2, 0.25) is 0 Å². The number of ether oxygens (including phenoxy) is 1. The lowest BCUT2D eigenvalue weighted by Gasteiger charge is -2.25. The Bertz CT molecular complexity index is 451. The Kier molecular flexibility index (Phi) is 4.91. The predicted molar refractivity (Wildman–Crippen MR) is 69.4 cm³/mol. The molecule has 0 radical (unpaired) electrons. The number of hydrogen-bond acceptors (Lipinski definition) is 5. The van der Waals surface area contributed by atoms with E-state index < -0.39 is 11.6 Å². The van der Waals surface area contributed by atoms with E-state index in [0.29, 0.717) is 5.56 Å². The van der Waals surface area contributed by atoms with Gasteiger partial charge in [-0.25, -0.2) is 0 Å². The van der Waals surface area contributed by atoms with Gasteiger partial charge in [-0.05, 0) is 18.6 Å². The lowest BCUT2D eigenvalue weighted by Crippen LogP contribution is -2.30. The molecule has 0 amide bonds.